The van der Waals surface area contributed by atoms with Crippen LogP contribution in [0.5, 0.6) is 0 Å². The Hall–Kier alpha value is -1.06. The molecule has 1 aliphatic rings. The monoisotopic (exact) mass is 283 g/mol. The highest BCUT2D eigenvalue weighted by molar-refractivity contribution is 5.84. The summed E-state index contributed by atoms with van der Waals surface area (Å²) < 4.78 is 0. The van der Waals surface area contributed by atoms with Gasteiger partial charge < -0.3 is 10.0 Å². The molecule has 1 N–H and O–H groups in total. The zero-order chi connectivity index (χ0) is 15.3. The number of carbonyl (C=O) groups is 2. The van der Waals surface area contributed by atoms with Gasteiger partial charge in [0, 0.05) is 20.0 Å². The summed E-state index contributed by atoms with van der Waals surface area (Å²) in [5.41, 5.74) is -0.974. The van der Waals surface area contributed by atoms with Gasteiger partial charge in [-0.2, -0.15) is 0 Å². The Bertz CT molecular complexity index is 348. The summed E-state index contributed by atoms with van der Waals surface area (Å²) in [6.07, 6.45) is 6.29. The number of hydrogen-bond acceptors (Lipinski definition) is 2. The number of aliphatic carboxylic acids is 1. The highest BCUT2D eigenvalue weighted by Crippen LogP contribution is 2.32. The Labute approximate surface area is 122 Å². The van der Waals surface area contributed by atoms with E-state index in [-0.39, 0.29) is 18.2 Å². The second-order valence-corrected chi connectivity index (χ2v) is 6.83. The highest BCUT2D eigenvalue weighted by atomic mass is 16.4. The molecule has 0 aromatic heterocycles. The quantitative estimate of drug-likeness (QED) is 0.814. The summed E-state index contributed by atoms with van der Waals surface area (Å²) in [4.78, 5) is 25.5. The summed E-state index contributed by atoms with van der Waals surface area (Å²) in [6.45, 7) is 6.17. The molecule has 4 nitrogen and oxygen atoms in total. The van der Waals surface area contributed by atoms with Crippen LogP contribution in [0.3, 0.4) is 0 Å². The van der Waals surface area contributed by atoms with Gasteiger partial charge >= 0.3 is 5.97 Å². The summed E-state index contributed by atoms with van der Waals surface area (Å²) >= 11 is 0. The van der Waals surface area contributed by atoms with Crippen molar-refractivity contribution in [2.75, 3.05) is 13.6 Å². The smallest absolute Gasteiger partial charge is 0.310 e. The largest absolute Gasteiger partial charge is 0.481 e. The Balaban J connectivity index is 2.57. The van der Waals surface area contributed by atoms with Crippen molar-refractivity contribution in [1.82, 2.24) is 4.90 Å². The van der Waals surface area contributed by atoms with Crippen LogP contribution in [0.4, 0.5) is 0 Å². The van der Waals surface area contributed by atoms with Gasteiger partial charge in [0.15, 0.2) is 0 Å². The number of nitrogens with zero attached hydrogens (tertiary/aromatic N) is 1. The van der Waals surface area contributed by atoms with Crippen LogP contribution in [-0.4, -0.2) is 35.5 Å². The first-order chi connectivity index (χ1) is 9.27. The van der Waals surface area contributed by atoms with E-state index in [2.05, 4.69) is 0 Å². The Morgan fingerprint density at radius 3 is 2.25 bits per heavy atom. The van der Waals surface area contributed by atoms with Crippen molar-refractivity contribution in [2.45, 2.75) is 59.3 Å². The summed E-state index contributed by atoms with van der Waals surface area (Å²) in [5.74, 6) is -0.402. The minimum absolute atomic E-state index is 0.0471. The molecule has 0 saturated heterocycles. The Kier molecular flexibility index (Phi) is 6.03. The Morgan fingerprint density at radius 1 is 1.25 bits per heavy atom. The molecule has 1 saturated carbocycles. The minimum Gasteiger partial charge on any atom is -0.481 e. The standard InChI is InChI=1S/C16H29NO3/c1-12(2)16(3,15(19)20)10-14(18)17(4)11-13-8-6-5-7-9-13/h12-13H,5-11H2,1-4H3,(H,19,20). The molecule has 1 amide bonds. The first-order valence-corrected chi connectivity index (χ1v) is 7.74. The van der Waals surface area contributed by atoms with E-state index >= 15 is 0 Å². The fourth-order valence-corrected chi connectivity index (χ4v) is 2.83. The molecular weight excluding hydrogens is 254 g/mol. The number of hydrogen-bond donors (Lipinski definition) is 1. The molecule has 0 spiro atoms. The normalized spacial score (nSPS) is 19.6. The number of amides is 1. The molecule has 20 heavy (non-hydrogen) atoms. The van der Waals surface area contributed by atoms with E-state index in [1.54, 1.807) is 18.9 Å². The predicted octanol–water partition coefficient (Wildman–Crippen LogP) is 3.16. The molecule has 0 aromatic carbocycles. The average molecular weight is 283 g/mol. The molecule has 1 aliphatic carbocycles. The molecule has 4 heteroatoms. The van der Waals surface area contributed by atoms with Gasteiger partial charge in [0.25, 0.3) is 0 Å². The van der Waals surface area contributed by atoms with Crippen molar-refractivity contribution in [2.24, 2.45) is 17.3 Å². The number of rotatable bonds is 6. The first kappa shape index (κ1) is 17.0. The van der Waals surface area contributed by atoms with E-state index in [1.807, 2.05) is 13.8 Å². The Morgan fingerprint density at radius 2 is 1.80 bits per heavy atom. The van der Waals surface area contributed by atoms with Crippen LogP contribution in [0.1, 0.15) is 59.3 Å². The summed E-state index contributed by atoms with van der Waals surface area (Å²) in [7, 11) is 1.81. The maximum Gasteiger partial charge on any atom is 0.310 e. The molecule has 0 aliphatic heterocycles. The fraction of sp³-hybridized carbons (Fsp3) is 0.875. The van der Waals surface area contributed by atoms with E-state index in [0.717, 1.165) is 6.54 Å². The number of carbonyl (C=O) groups excluding carboxylic acids is 1. The molecule has 0 radical (unpaired) electrons. The summed E-state index contributed by atoms with van der Waals surface area (Å²) in [5, 5.41) is 9.38. The molecule has 1 fully saturated rings. The van der Waals surface area contributed by atoms with Crippen molar-refractivity contribution >= 4 is 11.9 Å². The molecule has 116 valence electrons. The van der Waals surface area contributed by atoms with E-state index < -0.39 is 11.4 Å². The summed E-state index contributed by atoms with van der Waals surface area (Å²) in [6, 6.07) is 0. The molecule has 1 atom stereocenters. The third-order valence-electron chi connectivity index (χ3n) is 4.96. The van der Waals surface area contributed by atoms with Crippen LogP contribution in [0.2, 0.25) is 0 Å². The van der Waals surface area contributed by atoms with Crippen LogP contribution in [-0.2, 0) is 9.59 Å². The van der Waals surface area contributed by atoms with Gasteiger partial charge in [0.05, 0.1) is 5.41 Å². The zero-order valence-corrected chi connectivity index (χ0v) is 13.3. The van der Waals surface area contributed by atoms with Gasteiger partial charge in [-0.05, 0) is 31.6 Å². The first-order valence-electron chi connectivity index (χ1n) is 7.74. The van der Waals surface area contributed by atoms with Crippen LogP contribution >= 0.6 is 0 Å². The average Bonchev–Trinajstić information content (AvgIpc) is 2.39. The van der Waals surface area contributed by atoms with Gasteiger partial charge in [0.1, 0.15) is 0 Å². The number of carboxylic acids is 1. The lowest BCUT2D eigenvalue weighted by molar-refractivity contribution is -0.155. The zero-order valence-electron chi connectivity index (χ0n) is 13.3. The molecular formula is C16H29NO3. The number of carboxylic acid groups (broad SMARTS) is 1. The van der Waals surface area contributed by atoms with Crippen molar-refractivity contribution < 1.29 is 14.7 Å². The minimum atomic E-state index is -0.974. The molecule has 1 unspecified atom stereocenters. The highest BCUT2D eigenvalue weighted by Gasteiger charge is 2.39. The lowest BCUT2D eigenvalue weighted by Crippen LogP contribution is -2.41. The maximum atomic E-state index is 12.3. The van der Waals surface area contributed by atoms with Gasteiger partial charge in [0.2, 0.25) is 5.91 Å². The van der Waals surface area contributed by atoms with Crippen molar-refractivity contribution in [3.8, 4) is 0 Å². The van der Waals surface area contributed by atoms with Crippen LogP contribution in [0.15, 0.2) is 0 Å². The lowest BCUT2D eigenvalue weighted by atomic mass is 9.76. The van der Waals surface area contributed by atoms with E-state index in [1.165, 1.54) is 32.1 Å². The molecule has 0 heterocycles. The van der Waals surface area contributed by atoms with E-state index in [0.29, 0.717) is 5.92 Å². The van der Waals surface area contributed by atoms with Crippen LogP contribution in [0, 0.1) is 17.3 Å². The van der Waals surface area contributed by atoms with Crippen molar-refractivity contribution in [3.63, 3.8) is 0 Å². The van der Waals surface area contributed by atoms with Gasteiger partial charge in [-0.1, -0.05) is 33.1 Å². The molecule has 0 bridgehead atoms. The SMILES string of the molecule is CC(C)C(C)(CC(=O)N(C)CC1CCCCC1)C(=O)O. The third-order valence-corrected chi connectivity index (χ3v) is 4.96. The van der Waals surface area contributed by atoms with E-state index in [4.69, 9.17) is 0 Å². The maximum absolute atomic E-state index is 12.3. The van der Waals surface area contributed by atoms with Gasteiger partial charge in [-0.25, -0.2) is 0 Å². The predicted molar refractivity (Wildman–Crippen MR) is 79.4 cm³/mol. The lowest BCUT2D eigenvalue weighted by Gasteiger charge is -2.32. The van der Waals surface area contributed by atoms with E-state index in [9.17, 15) is 14.7 Å². The van der Waals surface area contributed by atoms with Crippen LogP contribution in [0.25, 0.3) is 0 Å². The topological polar surface area (TPSA) is 57.6 Å². The fourth-order valence-electron chi connectivity index (χ4n) is 2.83. The van der Waals surface area contributed by atoms with Gasteiger partial charge in [-0.3, -0.25) is 9.59 Å². The second-order valence-electron chi connectivity index (χ2n) is 6.83. The molecule has 0 aromatic rings. The second kappa shape index (κ2) is 7.09. The third kappa shape index (κ3) is 4.22. The van der Waals surface area contributed by atoms with Gasteiger partial charge in [-0.15, -0.1) is 0 Å². The molecule has 1 rings (SSSR count). The van der Waals surface area contributed by atoms with Crippen molar-refractivity contribution in [3.05, 3.63) is 0 Å². The van der Waals surface area contributed by atoms with Crippen LogP contribution < -0.4 is 0 Å². The van der Waals surface area contributed by atoms with Crippen molar-refractivity contribution in [1.29, 1.82) is 0 Å².